The van der Waals surface area contributed by atoms with E-state index in [0.717, 1.165) is 18.2 Å². The summed E-state index contributed by atoms with van der Waals surface area (Å²) in [5, 5.41) is 23.9. The molecule has 0 atom stereocenters. The molecular formula is C28H20N6O10S2. The van der Waals surface area contributed by atoms with Gasteiger partial charge in [-0.05, 0) is 72.3 Å². The highest BCUT2D eigenvalue weighted by atomic mass is 32.2. The highest BCUT2D eigenvalue weighted by Crippen LogP contribution is 2.35. The Bertz CT molecular complexity index is 2280. The summed E-state index contributed by atoms with van der Waals surface area (Å²) in [5.74, 6) is -2.08. The molecule has 18 heteroatoms. The number of benzene rings is 4. The van der Waals surface area contributed by atoms with Crippen molar-refractivity contribution in [2.75, 3.05) is 10.7 Å². The Morgan fingerprint density at radius 2 is 1.52 bits per heavy atom. The third-order valence-corrected chi connectivity index (χ3v) is 8.23. The lowest BCUT2D eigenvalue weighted by Crippen LogP contribution is -2.27. The van der Waals surface area contributed by atoms with Gasteiger partial charge in [0.05, 0.1) is 27.5 Å². The van der Waals surface area contributed by atoms with Crippen LogP contribution in [0.4, 0.5) is 27.5 Å². The number of carbonyl (C=O) groups is 3. The standard InChI is InChI=1S/C28H20N6O10S2/c29-28(38)30-17-6-3-15-11-24(46(42,43)44)25(26(35)20(15)12-17)34-33-23-10-9-22(19-8-7-18(13-21(19)23)45(39,40)41)32-31-16-4-1-14(2-5-16)27(36)37/h1-13,33H,(H,36,37)(H3,29,30,38)(H,39,40,41)(H,42,43,44)/b32-31?,34-25+. The van der Waals surface area contributed by atoms with Crippen molar-refractivity contribution in [1.29, 1.82) is 0 Å². The third kappa shape index (κ3) is 6.64. The fraction of sp³-hybridized carbons (Fsp3) is 0. The minimum atomic E-state index is -4.99. The molecule has 0 fully saturated rings. The number of rotatable bonds is 8. The zero-order valence-corrected chi connectivity index (χ0v) is 24.6. The van der Waals surface area contributed by atoms with Crippen molar-refractivity contribution in [3.63, 3.8) is 0 Å². The fourth-order valence-electron chi connectivity index (χ4n) is 4.41. The van der Waals surface area contributed by atoms with Crippen LogP contribution in [-0.4, -0.2) is 54.5 Å². The van der Waals surface area contributed by atoms with E-state index in [0.29, 0.717) is 5.69 Å². The van der Waals surface area contributed by atoms with Gasteiger partial charge in [0.15, 0.2) is 5.71 Å². The summed E-state index contributed by atoms with van der Waals surface area (Å²) >= 11 is 0. The smallest absolute Gasteiger partial charge is 0.335 e. The van der Waals surface area contributed by atoms with Crippen LogP contribution < -0.4 is 16.5 Å². The van der Waals surface area contributed by atoms with E-state index in [4.69, 9.17) is 10.8 Å². The lowest BCUT2D eigenvalue weighted by atomic mass is 9.94. The Morgan fingerprint density at radius 1 is 0.804 bits per heavy atom. The highest BCUT2D eigenvalue weighted by molar-refractivity contribution is 7.91. The Balaban J connectivity index is 1.59. The average molecular weight is 665 g/mol. The number of nitrogens with two attached hydrogens (primary N) is 1. The Hall–Kier alpha value is -5.82. The van der Waals surface area contributed by atoms with Crippen molar-refractivity contribution in [3.8, 4) is 0 Å². The number of ketones is 1. The number of hydrazone groups is 1. The number of hydrogen-bond donors (Lipinski definition) is 6. The first-order valence-electron chi connectivity index (χ1n) is 12.7. The van der Waals surface area contributed by atoms with E-state index in [1.54, 1.807) is 0 Å². The predicted octanol–water partition coefficient (Wildman–Crippen LogP) is 4.58. The predicted molar refractivity (Wildman–Crippen MR) is 166 cm³/mol. The minimum Gasteiger partial charge on any atom is -0.478 e. The maximum atomic E-state index is 13.4. The molecule has 4 aromatic carbocycles. The molecule has 5 rings (SSSR count). The van der Waals surface area contributed by atoms with Gasteiger partial charge in [-0.15, -0.1) is 5.11 Å². The third-order valence-electron chi connectivity index (χ3n) is 6.52. The van der Waals surface area contributed by atoms with E-state index < -0.39 is 53.5 Å². The second-order valence-corrected chi connectivity index (χ2v) is 12.4. The number of carboxylic acid groups (broad SMARTS) is 1. The molecule has 0 spiro atoms. The van der Waals surface area contributed by atoms with Crippen LogP contribution >= 0.6 is 0 Å². The van der Waals surface area contributed by atoms with E-state index in [2.05, 4.69) is 26.1 Å². The zero-order chi connectivity index (χ0) is 33.4. The van der Waals surface area contributed by atoms with E-state index in [1.165, 1.54) is 60.7 Å². The number of primary amides is 1. The highest BCUT2D eigenvalue weighted by Gasteiger charge is 2.33. The normalized spacial score (nSPS) is 14.3. The van der Waals surface area contributed by atoms with Crippen LogP contribution in [-0.2, 0) is 20.2 Å². The lowest BCUT2D eigenvalue weighted by Gasteiger charge is -2.17. The van der Waals surface area contributed by atoms with Crippen molar-refractivity contribution >= 4 is 83.3 Å². The zero-order valence-electron chi connectivity index (χ0n) is 22.9. The number of allylic oxidation sites excluding steroid dienone is 1. The van der Waals surface area contributed by atoms with Gasteiger partial charge in [-0.2, -0.15) is 27.1 Å². The van der Waals surface area contributed by atoms with Crippen molar-refractivity contribution in [2.45, 2.75) is 4.90 Å². The molecule has 4 aromatic rings. The number of nitrogens with one attached hydrogen (secondary N) is 2. The maximum Gasteiger partial charge on any atom is 0.335 e. The first-order valence-corrected chi connectivity index (χ1v) is 15.6. The van der Waals surface area contributed by atoms with Gasteiger partial charge >= 0.3 is 12.0 Å². The van der Waals surface area contributed by atoms with E-state index in [-0.39, 0.29) is 44.5 Å². The van der Waals surface area contributed by atoms with Crippen LogP contribution in [0.15, 0.2) is 97.9 Å². The largest absolute Gasteiger partial charge is 0.478 e. The molecule has 2 amide bonds. The number of urea groups is 1. The second-order valence-electron chi connectivity index (χ2n) is 9.54. The SMILES string of the molecule is NC(=O)Nc1ccc2c(c1)C(=O)/C(=N/Nc1ccc(N=Nc3ccc(C(=O)O)cc3)c3ccc(S(=O)(=O)O)cc13)C(S(=O)(=O)O)=C2. The number of fused-ring (bicyclic) bond motifs is 2. The number of Topliss-reactive ketones (excluding diaryl/α,β-unsaturated/α-hetero) is 1. The van der Waals surface area contributed by atoms with Gasteiger partial charge in [-0.3, -0.25) is 19.3 Å². The van der Waals surface area contributed by atoms with Gasteiger partial charge in [0.2, 0.25) is 5.78 Å². The molecule has 0 radical (unpaired) electrons. The molecule has 7 N–H and O–H groups in total. The quantitative estimate of drug-likeness (QED) is 0.0861. The molecule has 0 bridgehead atoms. The fourth-order valence-corrected chi connectivity index (χ4v) is 5.57. The van der Waals surface area contributed by atoms with Crippen LogP contribution in [0.5, 0.6) is 0 Å². The summed E-state index contributed by atoms with van der Waals surface area (Å²) in [6.45, 7) is 0. The van der Waals surface area contributed by atoms with E-state index in [9.17, 15) is 40.3 Å². The first kappa shape index (κ1) is 31.6. The lowest BCUT2D eigenvalue weighted by molar-refractivity contribution is 0.0696. The summed E-state index contributed by atoms with van der Waals surface area (Å²) in [5.41, 5.74) is 7.63. The Kier molecular flexibility index (Phi) is 8.20. The van der Waals surface area contributed by atoms with Gasteiger partial charge in [-0.1, -0.05) is 12.1 Å². The topological polar surface area (TPSA) is 267 Å². The summed E-state index contributed by atoms with van der Waals surface area (Å²) < 4.78 is 67.8. The summed E-state index contributed by atoms with van der Waals surface area (Å²) in [4.78, 5) is 34.4. The number of amides is 2. The van der Waals surface area contributed by atoms with Crippen LogP contribution in [0.3, 0.4) is 0 Å². The first-order chi connectivity index (χ1) is 21.6. The second kappa shape index (κ2) is 11.9. The Morgan fingerprint density at radius 3 is 2.15 bits per heavy atom. The monoisotopic (exact) mass is 664 g/mol. The van der Waals surface area contributed by atoms with Crippen molar-refractivity contribution < 1.29 is 45.4 Å². The Labute approximate surface area is 259 Å². The number of anilines is 2. The number of carboxylic acids is 1. The van der Waals surface area contributed by atoms with Gasteiger partial charge in [0, 0.05) is 22.0 Å². The van der Waals surface area contributed by atoms with Crippen molar-refractivity contribution in [3.05, 3.63) is 94.4 Å². The minimum absolute atomic E-state index is 0.0233. The van der Waals surface area contributed by atoms with E-state index >= 15 is 0 Å². The molecule has 0 unspecified atom stereocenters. The molecule has 1 aliphatic carbocycles. The van der Waals surface area contributed by atoms with Crippen LogP contribution in [0.1, 0.15) is 26.3 Å². The average Bonchev–Trinajstić information content (AvgIpc) is 2.98. The van der Waals surface area contributed by atoms with Crippen LogP contribution in [0.25, 0.3) is 16.8 Å². The molecule has 46 heavy (non-hydrogen) atoms. The van der Waals surface area contributed by atoms with E-state index in [1.807, 2.05) is 0 Å². The molecule has 0 heterocycles. The van der Waals surface area contributed by atoms with Crippen LogP contribution in [0.2, 0.25) is 0 Å². The number of carbonyl (C=O) groups excluding carboxylic acids is 2. The molecule has 0 aliphatic heterocycles. The summed E-state index contributed by atoms with van der Waals surface area (Å²) in [6.07, 6.45) is 1.00. The number of azo groups is 1. The summed E-state index contributed by atoms with van der Waals surface area (Å²) in [6, 6.07) is 14.8. The van der Waals surface area contributed by atoms with Gasteiger partial charge in [0.25, 0.3) is 20.2 Å². The molecular weight excluding hydrogens is 644 g/mol. The summed E-state index contributed by atoms with van der Waals surface area (Å²) in [7, 11) is -9.68. The molecule has 1 aliphatic rings. The number of hydrogen-bond acceptors (Lipinski definition) is 11. The molecule has 16 nitrogen and oxygen atoms in total. The van der Waals surface area contributed by atoms with Gasteiger partial charge < -0.3 is 16.2 Å². The molecule has 0 saturated carbocycles. The maximum absolute atomic E-state index is 13.4. The van der Waals surface area contributed by atoms with Crippen LogP contribution in [0, 0.1) is 0 Å². The molecule has 234 valence electrons. The van der Waals surface area contributed by atoms with Gasteiger partial charge in [0.1, 0.15) is 4.91 Å². The number of aromatic carboxylic acids is 1. The number of nitrogens with zero attached hydrogens (tertiary/aromatic N) is 3. The van der Waals surface area contributed by atoms with Crippen molar-refractivity contribution in [2.24, 2.45) is 21.1 Å². The van der Waals surface area contributed by atoms with Gasteiger partial charge in [-0.25, -0.2) is 9.59 Å². The molecule has 0 saturated heterocycles. The molecule has 0 aromatic heterocycles. The van der Waals surface area contributed by atoms with Crippen molar-refractivity contribution in [1.82, 2.24) is 0 Å².